The van der Waals surface area contributed by atoms with Crippen molar-refractivity contribution in [3.8, 4) is 0 Å². The van der Waals surface area contributed by atoms with Gasteiger partial charge in [0.25, 0.3) is 0 Å². The molecule has 4 rings (SSSR count). The second-order valence-electron chi connectivity index (χ2n) is 11.2. The fourth-order valence-electron chi connectivity index (χ4n) is 6.89. The standard InChI is InChI=1S/C27H38O4S.C2H6/c1-17-14-23-21-9-8-19-15-20(29)10-12-26(19,3)22(21)11-13-27(23,4)25(17)24(16-30-18(2)28)31-32(5,6)7;1-2/h10-12,15,17,21,23H,8-9,13-14,16H2,1-7H3;1-2H3/b25-24-;/t17-,21?,23?,26+,27+;/m1./s1. The third-order valence-electron chi connectivity index (χ3n) is 8.11. The summed E-state index contributed by atoms with van der Waals surface area (Å²) in [5, 5.41) is 0. The zero-order chi connectivity index (χ0) is 25.5. The summed E-state index contributed by atoms with van der Waals surface area (Å²) in [6.07, 6.45) is 18.8. The number of allylic oxidation sites excluding steroid dienone is 7. The Bertz CT molecular complexity index is 963. The fourth-order valence-corrected chi connectivity index (χ4v) is 7.64. The molecule has 0 heterocycles. The molecular formula is C29H44O4S. The first-order valence-electron chi connectivity index (χ1n) is 12.7. The lowest BCUT2D eigenvalue weighted by Crippen LogP contribution is -2.42. The van der Waals surface area contributed by atoms with E-state index >= 15 is 0 Å². The molecule has 4 nitrogen and oxygen atoms in total. The summed E-state index contributed by atoms with van der Waals surface area (Å²) in [6.45, 7) is 12.7. The van der Waals surface area contributed by atoms with Crippen LogP contribution in [0.5, 0.6) is 0 Å². The number of rotatable bonds is 4. The van der Waals surface area contributed by atoms with Crippen LogP contribution in [0.1, 0.15) is 67.2 Å². The normalized spacial score (nSPS) is 36.0. The summed E-state index contributed by atoms with van der Waals surface area (Å²) >= 11 is 0. The Morgan fingerprint density at radius 1 is 1.21 bits per heavy atom. The van der Waals surface area contributed by atoms with E-state index in [9.17, 15) is 9.59 Å². The molecule has 0 saturated heterocycles. The largest absolute Gasteiger partial charge is 0.458 e. The van der Waals surface area contributed by atoms with Gasteiger partial charge in [0.15, 0.2) is 5.78 Å². The van der Waals surface area contributed by atoms with Crippen LogP contribution in [-0.2, 0) is 18.5 Å². The zero-order valence-corrected chi connectivity index (χ0v) is 23.4. The number of hydrogen-bond acceptors (Lipinski definition) is 4. The van der Waals surface area contributed by atoms with Crippen LogP contribution in [0.25, 0.3) is 0 Å². The van der Waals surface area contributed by atoms with E-state index in [1.807, 2.05) is 19.9 Å². The first-order valence-corrected chi connectivity index (χ1v) is 15.5. The van der Waals surface area contributed by atoms with Crippen molar-refractivity contribution < 1.29 is 18.5 Å². The molecule has 190 valence electrons. The molecule has 0 spiro atoms. The minimum Gasteiger partial charge on any atom is -0.458 e. The summed E-state index contributed by atoms with van der Waals surface area (Å²) in [4.78, 5) is 23.6. The van der Waals surface area contributed by atoms with Gasteiger partial charge in [0.2, 0.25) is 0 Å². The molecule has 0 radical (unpaired) electrons. The van der Waals surface area contributed by atoms with Gasteiger partial charge in [-0.1, -0.05) is 51.0 Å². The van der Waals surface area contributed by atoms with E-state index in [2.05, 4.69) is 51.7 Å². The van der Waals surface area contributed by atoms with Gasteiger partial charge in [-0.2, -0.15) is 0 Å². The summed E-state index contributed by atoms with van der Waals surface area (Å²) < 4.78 is 12.0. The third-order valence-corrected chi connectivity index (χ3v) is 8.81. The van der Waals surface area contributed by atoms with E-state index in [-0.39, 0.29) is 29.2 Å². The van der Waals surface area contributed by atoms with Crippen LogP contribution in [0.3, 0.4) is 0 Å². The summed E-state index contributed by atoms with van der Waals surface area (Å²) in [7, 11) is -1.26. The average Bonchev–Trinajstić information content (AvgIpc) is 3.02. The van der Waals surface area contributed by atoms with Crippen LogP contribution < -0.4 is 0 Å². The molecule has 2 fully saturated rings. The van der Waals surface area contributed by atoms with Gasteiger partial charge in [-0.05, 0) is 92.3 Å². The van der Waals surface area contributed by atoms with Gasteiger partial charge in [0.1, 0.15) is 12.4 Å². The van der Waals surface area contributed by atoms with Crippen molar-refractivity contribution in [3.05, 3.63) is 46.8 Å². The highest BCUT2D eigenvalue weighted by molar-refractivity contribution is 8.28. The maximum atomic E-state index is 12.0. The molecular weight excluding hydrogens is 444 g/mol. The summed E-state index contributed by atoms with van der Waals surface area (Å²) in [5.74, 6) is 2.15. The molecule has 5 heteroatoms. The lowest BCUT2D eigenvalue weighted by molar-refractivity contribution is -0.140. The number of fused-ring (bicyclic) bond motifs is 5. The van der Waals surface area contributed by atoms with Crippen molar-refractivity contribution in [3.63, 3.8) is 0 Å². The molecule has 0 aromatic rings. The number of esters is 1. The molecule has 0 amide bonds. The average molecular weight is 489 g/mol. The van der Waals surface area contributed by atoms with Crippen molar-refractivity contribution in [2.75, 3.05) is 25.4 Å². The van der Waals surface area contributed by atoms with Crippen LogP contribution in [-0.4, -0.2) is 37.1 Å². The van der Waals surface area contributed by atoms with Gasteiger partial charge in [0, 0.05) is 12.3 Å². The topological polar surface area (TPSA) is 52.6 Å². The van der Waals surface area contributed by atoms with Gasteiger partial charge < -0.3 is 8.92 Å². The van der Waals surface area contributed by atoms with E-state index in [0.717, 1.165) is 31.4 Å². The lowest BCUT2D eigenvalue weighted by atomic mass is 9.53. The molecule has 0 aliphatic heterocycles. The number of ether oxygens (including phenoxy) is 1. The van der Waals surface area contributed by atoms with Gasteiger partial charge in [-0.25, -0.2) is 0 Å². The number of carbonyl (C=O) groups excluding carboxylic acids is 2. The van der Waals surface area contributed by atoms with Crippen molar-refractivity contribution in [2.45, 2.75) is 67.2 Å². The Hall–Kier alpha value is -1.75. The molecule has 4 aliphatic carbocycles. The highest BCUT2D eigenvalue weighted by Gasteiger charge is 2.56. The van der Waals surface area contributed by atoms with Gasteiger partial charge in [-0.15, -0.1) is 10.3 Å². The fraction of sp³-hybridized carbons (Fsp3) is 0.655. The van der Waals surface area contributed by atoms with Crippen molar-refractivity contribution in [2.24, 2.45) is 28.6 Å². The van der Waals surface area contributed by atoms with E-state index in [1.54, 1.807) is 6.08 Å². The Kier molecular flexibility index (Phi) is 7.67. The molecule has 4 aliphatic rings. The monoisotopic (exact) mass is 488 g/mol. The lowest BCUT2D eigenvalue weighted by Gasteiger charge is -2.51. The highest BCUT2D eigenvalue weighted by Crippen LogP contribution is 2.65. The highest BCUT2D eigenvalue weighted by atomic mass is 32.3. The van der Waals surface area contributed by atoms with Gasteiger partial charge in [-0.3, -0.25) is 9.59 Å². The summed E-state index contributed by atoms with van der Waals surface area (Å²) in [5.41, 5.74) is 3.99. The van der Waals surface area contributed by atoms with Crippen LogP contribution >= 0.6 is 10.3 Å². The first kappa shape index (κ1) is 26.8. The Morgan fingerprint density at radius 3 is 2.50 bits per heavy atom. The maximum Gasteiger partial charge on any atom is 0.303 e. The van der Waals surface area contributed by atoms with Crippen LogP contribution in [0, 0.1) is 28.6 Å². The number of ketones is 1. The van der Waals surface area contributed by atoms with Crippen molar-refractivity contribution >= 4 is 22.1 Å². The maximum absolute atomic E-state index is 12.0. The quantitative estimate of drug-likeness (QED) is 0.245. The predicted molar refractivity (Wildman–Crippen MR) is 143 cm³/mol. The SMILES string of the molecule is CC.CC(=O)OC/C(OS(C)(C)C)=C1\[C@H](C)CC2C3CCC4=CC(=O)C=C[C@]4(C)C3=CC[C@]12C. The smallest absolute Gasteiger partial charge is 0.303 e. The second-order valence-corrected chi connectivity index (χ2v) is 14.8. The Balaban J connectivity index is 0.00000158. The summed E-state index contributed by atoms with van der Waals surface area (Å²) in [6, 6.07) is 0. The number of hydrogen-bond donors (Lipinski definition) is 0. The Morgan fingerprint density at radius 2 is 1.88 bits per heavy atom. The molecule has 0 aromatic carbocycles. The van der Waals surface area contributed by atoms with Crippen LogP contribution in [0.4, 0.5) is 0 Å². The second kappa shape index (κ2) is 9.72. The van der Waals surface area contributed by atoms with E-state index in [1.165, 1.54) is 23.6 Å². The molecule has 5 atom stereocenters. The minimum absolute atomic E-state index is 0.000462. The van der Waals surface area contributed by atoms with Gasteiger partial charge >= 0.3 is 5.97 Å². The molecule has 2 unspecified atom stereocenters. The van der Waals surface area contributed by atoms with Crippen LogP contribution in [0.15, 0.2) is 46.8 Å². The van der Waals surface area contributed by atoms with E-state index in [4.69, 9.17) is 8.92 Å². The molecule has 0 aromatic heterocycles. The minimum atomic E-state index is -1.26. The van der Waals surface area contributed by atoms with E-state index in [0.29, 0.717) is 17.8 Å². The molecule has 34 heavy (non-hydrogen) atoms. The predicted octanol–water partition coefficient (Wildman–Crippen LogP) is 6.93. The van der Waals surface area contributed by atoms with Crippen LogP contribution in [0.2, 0.25) is 0 Å². The van der Waals surface area contributed by atoms with Crippen molar-refractivity contribution in [1.82, 2.24) is 0 Å². The zero-order valence-electron chi connectivity index (χ0n) is 22.6. The van der Waals surface area contributed by atoms with E-state index < -0.39 is 10.3 Å². The molecule has 0 N–H and O–H groups in total. The Labute approximate surface area is 208 Å². The first-order chi connectivity index (χ1) is 15.8. The number of carbonyl (C=O) groups is 2. The molecule has 0 bridgehead atoms. The van der Waals surface area contributed by atoms with Crippen molar-refractivity contribution in [1.29, 1.82) is 0 Å². The molecule has 2 saturated carbocycles. The third kappa shape index (κ3) is 4.82. The van der Waals surface area contributed by atoms with Gasteiger partial charge in [0.05, 0.1) is 0 Å².